The first-order valence-corrected chi connectivity index (χ1v) is 14.9. The lowest BCUT2D eigenvalue weighted by Gasteiger charge is -2.32. The van der Waals surface area contributed by atoms with Gasteiger partial charge in [0.25, 0.3) is 10.0 Å². The van der Waals surface area contributed by atoms with Crippen LogP contribution in [0.1, 0.15) is 43.9 Å². The number of sulfonamides is 1. The fourth-order valence-electron chi connectivity index (χ4n) is 3.96. The van der Waals surface area contributed by atoms with Gasteiger partial charge in [0.2, 0.25) is 11.8 Å². The van der Waals surface area contributed by atoms with Crippen molar-refractivity contribution in [2.24, 2.45) is 0 Å². The van der Waals surface area contributed by atoms with Crippen LogP contribution in [0.2, 0.25) is 5.02 Å². The second-order valence-corrected chi connectivity index (χ2v) is 12.1. The number of anilines is 1. The van der Waals surface area contributed by atoms with Crippen LogP contribution in [0.4, 0.5) is 10.1 Å². The molecule has 1 N–H and O–H groups in total. The maximum Gasteiger partial charge on any atom is 0.264 e. The molecule has 0 aliphatic rings. The average Bonchev–Trinajstić information content (AvgIpc) is 2.92. The van der Waals surface area contributed by atoms with Crippen LogP contribution in [-0.2, 0) is 26.2 Å². The maximum absolute atomic E-state index is 14.6. The van der Waals surface area contributed by atoms with E-state index in [1.807, 2.05) is 20.8 Å². The average molecular weight is 588 g/mol. The zero-order valence-corrected chi connectivity index (χ0v) is 24.9. The summed E-state index contributed by atoms with van der Waals surface area (Å²) in [6.45, 7) is 8.05. The Labute approximate surface area is 241 Å². The van der Waals surface area contributed by atoms with Crippen molar-refractivity contribution >= 4 is 39.1 Å². The van der Waals surface area contributed by atoms with Gasteiger partial charge in [-0.1, -0.05) is 60.5 Å². The summed E-state index contributed by atoms with van der Waals surface area (Å²) < 4.78 is 43.4. The van der Waals surface area contributed by atoms with Crippen molar-refractivity contribution in [1.82, 2.24) is 10.2 Å². The Morgan fingerprint density at radius 2 is 1.65 bits per heavy atom. The molecule has 0 saturated heterocycles. The third-order valence-corrected chi connectivity index (χ3v) is 8.99. The Morgan fingerprint density at radius 3 is 2.25 bits per heavy atom. The highest BCUT2D eigenvalue weighted by atomic mass is 35.5. The number of aryl methyl sites for hydroxylation is 2. The molecule has 0 spiro atoms. The van der Waals surface area contributed by atoms with Gasteiger partial charge in [0.1, 0.15) is 18.4 Å². The van der Waals surface area contributed by atoms with Gasteiger partial charge >= 0.3 is 0 Å². The highest BCUT2D eigenvalue weighted by Crippen LogP contribution is 2.29. The Hall–Kier alpha value is -3.43. The molecule has 0 aromatic heterocycles. The van der Waals surface area contributed by atoms with Crippen LogP contribution < -0.4 is 9.62 Å². The molecule has 0 radical (unpaired) electrons. The first-order valence-electron chi connectivity index (χ1n) is 13.0. The number of rotatable bonds is 11. The fraction of sp³-hybridized carbons (Fsp3) is 0.333. The number of nitrogens with one attached hydrogen (secondary N) is 1. The minimum atomic E-state index is -4.23. The van der Waals surface area contributed by atoms with Crippen LogP contribution >= 0.6 is 11.6 Å². The quantitative estimate of drug-likeness (QED) is 0.315. The summed E-state index contributed by atoms with van der Waals surface area (Å²) in [5.41, 5.74) is 2.00. The molecule has 0 saturated carbocycles. The van der Waals surface area contributed by atoms with Crippen molar-refractivity contribution in [2.45, 2.75) is 64.6 Å². The molecule has 3 rings (SSSR count). The number of halogens is 2. The van der Waals surface area contributed by atoms with Gasteiger partial charge in [-0.05, 0) is 70.0 Å². The summed E-state index contributed by atoms with van der Waals surface area (Å²) in [5, 5.41) is 3.18. The minimum Gasteiger partial charge on any atom is -0.352 e. The molecule has 0 aliphatic heterocycles. The van der Waals surface area contributed by atoms with E-state index >= 15 is 0 Å². The topological polar surface area (TPSA) is 86.8 Å². The monoisotopic (exact) mass is 587 g/mol. The van der Waals surface area contributed by atoms with Crippen molar-refractivity contribution in [3.05, 3.63) is 94.3 Å². The first kappa shape index (κ1) is 31.1. The van der Waals surface area contributed by atoms with Gasteiger partial charge in [-0.2, -0.15) is 0 Å². The van der Waals surface area contributed by atoms with Crippen LogP contribution in [0.3, 0.4) is 0 Å². The molecular formula is C30H35ClFN3O4S. The smallest absolute Gasteiger partial charge is 0.264 e. The molecular weight excluding hydrogens is 553 g/mol. The number of hydrogen-bond donors (Lipinski definition) is 1. The minimum absolute atomic E-state index is 0.00851. The Balaban J connectivity index is 2.06. The first-order chi connectivity index (χ1) is 18.8. The van der Waals surface area contributed by atoms with Gasteiger partial charge in [0, 0.05) is 23.2 Å². The zero-order chi connectivity index (χ0) is 29.6. The second kappa shape index (κ2) is 13.3. The summed E-state index contributed by atoms with van der Waals surface area (Å²) in [7, 11) is -4.23. The molecule has 2 amide bonds. The van der Waals surface area contributed by atoms with Gasteiger partial charge < -0.3 is 10.2 Å². The number of carbonyl (C=O) groups is 2. The van der Waals surface area contributed by atoms with E-state index in [9.17, 15) is 22.4 Å². The van der Waals surface area contributed by atoms with Crippen molar-refractivity contribution in [3.8, 4) is 0 Å². The predicted molar refractivity (Wildman–Crippen MR) is 156 cm³/mol. The van der Waals surface area contributed by atoms with E-state index in [1.54, 1.807) is 37.3 Å². The van der Waals surface area contributed by atoms with Gasteiger partial charge in [-0.3, -0.25) is 13.9 Å². The maximum atomic E-state index is 14.6. The molecule has 0 fully saturated rings. The van der Waals surface area contributed by atoms with Crippen LogP contribution in [0.5, 0.6) is 0 Å². The van der Waals surface area contributed by atoms with Crippen molar-refractivity contribution in [3.63, 3.8) is 0 Å². The standard InChI is InChI=1S/C30H35ClFN3O4S/c1-6-22(4)33-30(37)23(5)34(18-24-9-7-8-10-28(24)32)29(36)19-35(25-14-13-21(3)27(31)17-25)40(38,39)26-15-11-20(2)12-16-26/h7-17,22-23H,6,18-19H2,1-5H3,(H,33,37)/t22-,23+/m0/s1. The molecule has 0 unspecified atom stereocenters. The van der Waals surface area contributed by atoms with E-state index in [2.05, 4.69) is 5.32 Å². The predicted octanol–water partition coefficient (Wildman–Crippen LogP) is 5.62. The number of benzene rings is 3. The lowest BCUT2D eigenvalue weighted by molar-refractivity contribution is -0.139. The molecule has 0 heterocycles. The largest absolute Gasteiger partial charge is 0.352 e. The summed E-state index contributed by atoms with van der Waals surface area (Å²) >= 11 is 6.34. The van der Waals surface area contributed by atoms with Gasteiger partial charge in [-0.15, -0.1) is 0 Å². The van der Waals surface area contributed by atoms with E-state index in [0.29, 0.717) is 11.4 Å². The molecule has 0 aliphatic carbocycles. The lowest BCUT2D eigenvalue weighted by atomic mass is 10.1. The highest BCUT2D eigenvalue weighted by molar-refractivity contribution is 7.92. The molecule has 214 valence electrons. The number of amides is 2. The zero-order valence-electron chi connectivity index (χ0n) is 23.3. The SMILES string of the molecule is CC[C@H](C)NC(=O)[C@@H](C)N(Cc1ccccc1F)C(=O)CN(c1ccc(C)c(Cl)c1)S(=O)(=O)c1ccc(C)cc1. The third kappa shape index (κ3) is 7.40. The lowest BCUT2D eigenvalue weighted by Crippen LogP contribution is -2.52. The van der Waals surface area contributed by atoms with E-state index in [-0.39, 0.29) is 28.7 Å². The molecule has 40 heavy (non-hydrogen) atoms. The summed E-state index contributed by atoms with van der Waals surface area (Å²) in [5.74, 6) is -1.64. The molecule has 10 heteroatoms. The Bertz CT molecular complexity index is 1460. The molecule has 3 aromatic carbocycles. The number of carbonyl (C=O) groups excluding carboxylic acids is 2. The van der Waals surface area contributed by atoms with Crippen LogP contribution in [0.15, 0.2) is 71.6 Å². The Morgan fingerprint density at radius 1 is 1.00 bits per heavy atom. The second-order valence-electron chi connectivity index (χ2n) is 9.87. The van der Waals surface area contributed by atoms with Gasteiger partial charge in [-0.25, -0.2) is 12.8 Å². The van der Waals surface area contributed by atoms with E-state index < -0.39 is 40.2 Å². The third-order valence-electron chi connectivity index (χ3n) is 6.80. The van der Waals surface area contributed by atoms with Crippen LogP contribution in [-0.4, -0.2) is 43.8 Å². The van der Waals surface area contributed by atoms with Crippen LogP contribution in [0, 0.1) is 19.7 Å². The molecule has 0 bridgehead atoms. The fourth-order valence-corrected chi connectivity index (χ4v) is 5.54. The number of hydrogen-bond acceptors (Lipinski definition) is 4. The van der Waals surface area contributed by atoms with E-state index in [1.165, 1.54) is 48.2 Å². The van der Waals surface area contributed by atoms with E-state index in [4.69, 9.17) is 11.6 Å². The summed E-state index contributed by atoms with van der Waals surface area (Å²) in [6.07, 6.45) is 0.677. The molecule has 3 aromatic rings. The Kier molecular flexibility index (Phi) is 10.3. The normalized spacial score (nSPS) is 12.9. The molecule has 2 atom stereocenters. The summed E-state index contributed by atoms with van der Waals surface area (Å²) in [6, 6.07) is 15.8. The summed E-state index contributed by atoms with van der Waals surface area (Å²) in [4.78, 5) is 28.2. The highest BCUT2D eigenvalue weighted by Gasteiger charge is 2.33. The van der Waals surface area contributed by atoms with Crippen LogP contribution in [0.25, 0.3) is 0 Å². The van der Waals surface area contributed by atoms with Crippen molar-refractivity contribution in [1.29, 1.82) is 0 Å². The van der Waals surface area contributed by atoms with Gasteiger partial charge in [0.15, 0.2) is 0 Å². The van der Waals surface area contributed by atoms with Crippen molar-refractivity contribution in [2.75, 3.05) is 10.8 Å². The van der Waals surface area contributed by atoms with Gasteiger partial charge in [0.05, 0.1) is 10.6 Å². The number of nitrogens with zero attached hydrogens (tertiary/aromatic N) is 2. The van der Waals surface area contributed by atoms with Crippen molar-refractivity contribution < 1.29 is 22.4 Å². The molecule has 7 nitrogen and oxygen atoms in total. The van der Waals surface area contributed by atoms with E-state index in [0.717, 1.165) is 15.4 Å².